The Labute approximate surface area is 92.3 Å². The molecule has 1 heterocycles. The fourth-order valence-electron chi connectivity index (χ4n) is 1.46. The van der Waals surface area contributed by atoms with Crippen molar-refractivity contribution in [3.05, 3.63) is 30.3 Å². The predicted octanol–water partition coefficient (Wildman–Crippen LogP) is 0.636. The van der Waals surface area contributed by atoms with Crippen molar-refractivity contribution in [2.45, 2.75) is 4.90 Å². The summed E-state index contributed by atoms with van der Waals surface area (Å²) >= 11 is 1.46. The van der Waals surface area contributed by atoms with Crippen molar-refractivity contribution in [1.82, 2.24) is 4.98 Å². The second-order valence-corrected chi connectivity index (χ2v) is 3.99. The minimum Gasteiger partial charge on any atom is -0.422 e. The van der Waals surface area contributed by atoms with Gasteiger partial charge in [-0.3, -0.25) is 4.98 Å². The van der Waals surface area contributed by atoms with Crippen LogP contribution < -0.4 is 5.59 Å². The van der Waals surface area contributed by atoms with Gasteiger partial charge < -0.3 is 10.0 Å². The van der Waals surface area contributed by atoms with Crippen LogP contribution in [-0.2, 0) is 0 Å². The number of rotatable bonds is 2. The van der Waals surface area contributed by atoms with Gasteiger partial charge in [0.25, 0.3) is 0 Å². The minimum absolute atomic E-state index is 0.321. The number of hydrogen-bond donors (Lipinski definition) is 2. The number of pyridine rings is 1. The second kappa shape index (κ2) is 4.22. The van der Waals surface area contributed by atoms with E-state index in [-0.39, 0.29) is 0 Å². The Balaban J connectivity index is 2.69. The summed E-state index contributed by atoms with van der Waals surface area (Å²) in [6, 6.07) is 9.54. The Morgan fingerprint density at radius 3 is 2.67 bits per heavy atom. The van der Waals surface area contributed by atoms with Gasteiger partial charge in [0, 0.05) is 10.3 Å². The first-order valence-corrected chi connectivity index (χ1v) is 5.74. The van der Waals surface area contributed by atoms with Crippen LogP contribution in [0.2, 0.25) is 0 Å². The van der Waals surface area contributed by atoms with E-state index in [0.29, 0.717) is 5.59 Å². The molecule has 0 aliphatic rings. The summed E-state index contributed by atoms with van der Waals surface area (Å²) in [5.41, 5.74) is 1.10. The molecule has 0 saturated heterocycles. The highest BCUT2D eigenvalue weighted by Gasteiger charge is 2.18. The van der Waals surface area contributed by atoms with Gasteiger partial charge in [0.2, 0.25) is 0 Å². The van der Waals surface area contributed by atoms with Crippen LogP contribution in [0.5, 0.6) is 0 Å². The van der Waals surface area contributed by atoms with Gasteiger partial charge in [-0.25, -0.2) is 0 Å². The molecule has 0 aliphatic carbocycles. The Kier molecular flexibility index (Phi) is 2.95. The van der Waals surface area contributed by atoms with Crippen molar-refractivity contribution in [2.75, 3.05) is 6.26 Å². The second-order valence-electron chi connectivity index (χ2n) is 3.14. The van der Waals surface area contributed by atoms with Crippen LogP contribution in [0, 0.1) is 0 Å². The Bertz CT molecular complexity index is 490. The first-order chi connectivity index (χ1) is 7.22. The molecule has 0 radical (unpaired) electrons. The van der Waals surface area contributed by atoms with E-state index in [0.717, 1.165) is 15.8 Å². The Morgan fingerprint density at radius 1 is 1.27 bits per heavy atom. The lowest BCUT2D eigenvalue weighted by molar-refractivity contribution is 0.423. The van der Waals surface area contributed by atoms with E-state index in [1.165, 1.54) is 11.8 Å². The van der Waals surface area contributed by atoms with E-state index in [1.807, 2.05) is 36.6 Å². The lowest BCUT2D eigenvalue weighted by Gasteiger charge is -2.07. The molecule has 76 valence electrons. The molecule has 0 spiro atoms. The van der Waals surface area contributed by atoms with Gasteiger partial charge in [0.15, 0.2) is 0 Å². The number of para-hydroxylation sites is 1. The smallest absolute Gasteiger partial charge is 0.422 e. The third-order valence-corrected chi connectivity index (χ3v) is 2.95. The molecular weight excluding hydrogens is 209 g/mol. The third kappa shape index (κ3) is 1.99. The molecule has 0 saturated carbocycles. The van der Waals surface area contributed by atoms with Crippen molar-refractivity contribution in [3.63, 3.8) is 0 Å². The van der Waals surface area contributed by atoms with Crippen LogP contribution in [0.15, 0.2) is 35.2 Å². The highest BCUT2D eigenvalue weighted by atomic mass is 32.2. The number of nitrogens with zero attached hydrogens (tertiary/aromatic N) is 1. The number of aromatic nitrogens is 1. The van der Waals surface area contributed by atoms with Gasteiger partial charge >= 0.3 is 7.12 Å². The molecule has 1 aromatic heterocycles. The quantitative estimate of drug-likeness (QED) is 0.574. The zero-order valence-corrected chi connectivity index (χ0v) is 9.03. The SMILES string of the molecule is CSc1cc2ccccc2nc1B(O)O. The summed E-state index contributed by atoms with van der Waals surface area (Å²) in [5, 5.41) is 19.4. The molecule has 3 nitrogen and oxygen atoms in total. The zero-order valence-electron chi connectivity index (χ0n) is 8.21. The summed E-state index contributed by atoms with van der Waals surface area (Å²) in [7, 11) is -1.52. The van der Waals surface area contributed by atoms with Gasteiger partial charge in [0.1, 0.15) is 0 Å². The van der Waals surface area contributed by atoms with Crippen LogP contribution in [0.3, 0.4) is 0 Å². The molecule has 0 bridgehead atoms. The molecule has 0 unspecified atom stereocenters. The van der Waals surface area contributed by atoms with Gasteiger partial charge in [-0.1, -0.05) is 18.2 Å². The van der Waals surface area contributed by atoms with Crippen LogP contribution >= 0.6 is 11.8 Å². The molecule has 2 rings (SSSR count). The summed E-state index contributed by atoms with van der Waals surface area (Å²) in [6.45, 7) is 0. The van der Waals surface area contributed by atoms with E-state index in [9.17, 15) is 10.0 Å². The number of thioether (sulfide) groups is 1. The molecule has 5 heteroatoms. The lowest BCUT2D eigenvalue weighted by atomic mass is 9.85. The van der Waals surface area contributed by atoms with Gasteiger partial charge in [0.05, 0.1) is 11.1 Å². The Morgan fingerprint density at radius 2 is 2.00 bits per heavy atom. The number of fused-ring (bicyclic) bond motifs is 1. The maximum Gasteiger partial charge on any atom is 0.509 e. The highest BCUT2D eigenvalue weighted by Crippen LogP contribution is 2.18. The predicted molar refractivity (Wildman–Crippen MR) is 63.3 cm³/mol. The molecule has 15 heavy (non-hydrogen) atoms. The molecule has 0 atom stereocenters. The van der Waals surface area contributed by atoms with Crippen LogP contribution in [0.25, 0.3) is 10.9 Å². The number of benzene rings is 1. The molecule has 0 amide bonds. The summed E-state index contributed by atoms with van der Waals surface area (Å²) in [6.07, 6.45) is 1.89. The number of hydrogen-bond acceptors (Lipinski definition) is 4. The van der Waals surface area contributed by atoms with Gasteiger partial charge in [-0.05, 0) is 18.4 Å². The Hall–Kier alpha value is -1.04. The monoisotopic (exact) mass is 219 g/mol. The summed E-state index contributed by atoms with van der Waals surface area (Å²) in [4.78, 5) is 5.02. The van der Waals surface area contributed by atoms with E-state index in [4.69, 9.17) is 0 Å². The fourth-order valence-corrected chi connectivity index (χ4v) is 2.06. The van der Waals surface area contributed by atoms with Crippen LogP contribution in [0.1, 0.15) is 0 Å². The van der Waals surface area contributed by atoms with Crippen molar-refractivity contribution in [3.8, 4) is 0 Å². The average Bonchev–Trinajstić information content (AvgIpc) is 2.27. The molecule has 1 aromatic carbocycles. The standard InChI is InChI=1S/C10H10BNO2S/c1-15-9-6-7-4-2-3-5-8(7)12-10(9)11(13)14/h2-6,13-14H,1H3. The summed E-state index contributed by atoms with van der Waals surface area (Å²) in [5.74, 6) is 0. The maximum atomic E-state index is 9.17. The van der Waals surface area contributed by atoms with E-state index >= 15 is 0 Å². The highest BCUT2D eigenvalue weighted by molar-refractivity contribution is 7.98. The van der Waals surface area contributed by atoms with Gasteiger partial charge in [-0.15, -0.1) is 11.8 Å². The minimum atomic E-state index is -1.52. The van der Waals surface area contributed by atoms with Crippen molar-refractivity contribution < 1.29 is 10.0 Å². The average molecular weight is 219 g/mol. The molecule has 0 aliphatic heterocycles. The van der Waals surface area contributed by atoms with E-state index in [2.05, 4.69) is 4.98 Å². The van der Waals surface area contributed by atoms with Gasteiger partial charge in [-0.2, -0.15) is 0 Å². The first kappa shape index (κ1) is 10.5. The summed E-state index contributed by atoms with van der Waals surface area (Å²) < 4.78 is 0. The molecular formula is C10H10BNO2S. The third-order valence-electron chi connectivity index (χ3n) is 2.18. The van der Waals surface area contributed by atoms with E-state index < -0.39 is 7.12 Å². The normalized spacial score (nSPS) is 10.6. The zero-order chi connectivity index (χ0) is 10.8. The van der Waals surface area contributed by atoms with Crippen LogP contribution in [0.4, 0.5) is 0 Å². The fraction of sp³-hybridized carbons (Fsp3) is 0.100. The first-order valence-electron chi connectivity index (χ1n) is 4.52. The molecule has 0 fully saturated rings. The van der Waals surface area contributed by atoms with Crippen LogP contribution in [-0.4, -0.2) is 28.4 Å². The van der Waals surface area contributed by atoms with Crippen molar-refractivity contribution in [1.29, 1.82) is 0 Å². The lowest BCUT2D eigenvalue weighted by Crippen LogP contribution is -2.34. The maximum absolute atomic E-state index is 9.17. The van der Waals surface area contributed by atoms with Crippen molar-refractivity contribution >= 4 is 35.4 Å². The van der Waals surface area contributed by atoms with Crippen molar-refractivity contribution in [2.24, 2.45) is 0 Å². The molecule has 2 N–H and O–H groups in total. The van der Waals surface area contributed by atoms with E-state index in [1.54, 1.807) is 0 Å². The largest absolute Gasteiger partial charge is 0.509 e. The topological polar surface area (TPSA) is 53.4 Å². The molecule has 2 aromatic rings.